The predicted octanol–water partition coefficient (Wildman–Crippen LogP) is 2.19. The summed E-state index contributed by atoms with van der Waals surface area (Å²) in [5, 5.41) is 9.78. The maximum absolute atomic E-state index is 10.9. The van der Waals surface area contributed by atoms with Crippen molar-refractivity contribution in [1.82, 2.24) is 4.98 Å². The minimum absolute atomic E-state index is 0.134. The van der Waals surface area contributed by atoms with Gasteiger partial charge < -0.3 is 19.6 Å². The van der Waals surface area contributed by atoms with Gasteiger partial charge in [-0.15, -0.1) is 0 Å². The number of aromatic amines is 1. The van der Waals surface area contributed by atoms with E-state index in [0.29, 0.717) is 17.0 Å². The van der Waals surface area contributed by atoms with Gasteiger partial charge in [0.05, 0.1) is 19.7 Å². The lowest BCUT2D eigenvalue weighted by Crippen LogP contribution is -1.95. The molecule has 0 saturated heterocycles. The van der Waals surface area contributed by atoms with Crippen molar-refractivity contribution in [3.8, 4) is 11.5 Å². The molecular weight excluding hydrogens is 222 g/mol. The van der Waals surface area contributed by atoms with E-state index in [2.05, 4.69) is 4.98 Å². The number of methoxy groups -OCH3 is 2. The van der Waals surface area contributed by atoms with Gasteiger partial charge in [0.2, 0.25) is 0 Å². The number of aryl methyl sites for hydroxylation is 1. The van der Waals surface area contributed by atoms with E-state index in [4.69, 9.17) is 14.6 Å². The second-order valence-electron chi connectivity index (χ2n) is 3.71. The van der Waals surface area contributed by atoms with E-state index < -0.39 is 5.97 Å². The fourth-order valence-corrected chi connectivity index (χ4v) is 1.88. The molecule has 0 radical (unpaired) electrons. The van der Waals surface area contributed by atoms with Crippen LogP contribution in [0.5, 0.6) is 11.5 Å². The Hall–Kier alpha value is -2.17. The Balaban J connectivity index is 2.81. The van der Waals surface area contributed by atoms with Crippen LogP contribution in [0.2, 0.25) is 0 Å². The number of fused-ring (bicyclic) bond motifs is 1. The van der Waals surface area contributed by atoms with E-state index in [0.717, 1.165) is 10.9 Å². The first-order valence-electron chi connectivity index (χ1n) is 5.06. The van der Waals surface area contributed by atoms with Crippen molar-refractivity contribution in [2.45, 2.75) is 6.92 Å². The first kappa shape index (κ1) is 11.3. The van der Waals surface area contributed by atoms with Gasteiger partial charge in [-0.2, -0.15) is 0 Å². The number of hydrogen-bond donors (Lipinski definition) is 2. The van der Waals surface area contributed by atoms with Gasteiger partial charge in [0, 0.05) is 5.39 Å². The summed E-state index contributed by atoms with van der Waals surface area (Å²) < 4.78 is 10.5. The molecule has 0 spiro atoms. The number of rotatable bonds is 3. The minimum Gasteiger partial charge on any atom is -0.493 e. The molecule has 0 bridgehead atoms. The zero-order valence-electron chi connectivity index (χ0n) is 9.83. The van der Waals surface area contributed by atoms with Crippen molar-refractivity contribution in [3.05, 3.63) is 23.4 Å². The fraction of sp³-hybridized carbons (Fsp3) is 0.250. The fourth-order valence-electron chi connectivity index (χ4n) is 1.88. The van der Waals surface area contributed by atoms with Crippen molar-refractivity contribution in [1.29, 1.82) is 0 Å². The molecule has 0 saturated carbocycles. The second-order valence-corrected chi connectivity index (χ2v) is 3.71. The number of ether oxygens (including phenoxy) is 2. The van der Waals surface area contributed by atoms with E-state index >= 15 is 0 Å². The molecule has 1 heterocycles. The highest BCUT2D eigenvalue weighted by Crippen LogP contribution is 2.37. The van der Waals surface area contributed by atoms with Gasteiger partial charge in [0.1, 0.15) is 5.69 Å². The van der Waals surface area contributed by atoms with Crippen LogP contribution in [0.3, 0.4) is 0 Å². The van der Waals surface area contributed by atoms with Gasteiger partial charge in [0.25, 0.3) is 0 Å². The standard InChI is InChI=1S/C12H13NO4/c1-6-4-9(16-2)11(17-3)10-7(6)5-8(13-10)12(14)15/h4-5,13H,1-3H3,(H,14,15). The molecule has 0 aliphatic heterocycles. The largest absolute Gasteiger partial charge is 0.493 e. The van der Waals surface area contributed by atoms with Gasteiger partial charge in [-0.25, -0.2) is 4.79 Å². The summed E-state index contributed by atoms with van der Waals surface area (Å²) in [5.41, 5.74) is 1.71. The number of nitrogens with one attached hydrogen (secondary N) is 1. The molecule has 0 fully saturated rings. The van der Waals surface area contributed by atoms with Crippen LogP contribution in [0.25, 0.3) is 10.9 Å². The molecule has 0 amide bonds. The van der Waals surface area contributed by atoms with Crippen LogP contribution in [-0.4, -0.2) is 30.3 Å². The van der Waals surface area contributed by atoms with E-state index in [1.165, 1.54) is 7.11 Å². The summed E-state index contributed by atoms with van der Waals surface area (Å²) in [5.74, 6) is 0.0958. The van der Waals surface area contributed by atoms with Crippen molar-refractivity contribution in [2.75, 3.05) is 14.2 Å². The Labute approximate surface area is 98.0 Å². The summed E-state index contributed by atoms with van der Waals surface area (Å²) in [6, 6.07) is 3.41. The highest BCUT2D eigenvalue weighted by atomic mass is 16.5. The number of carbonyl (C=O) groups is 1. The summed E-state index contributed by atoms with van der Waals surface area (Å²) in [6.07, 6.45) is 0. The summed E-state index contributed by atoms with van der Waals surface area (Å²) in [6.45, 7) is 1.89. The number of carboxylic acid groups (broad SMARTS) is 1. The van der Waals surface area contributed by atoms with Crippen LogP contribution in [0.4, 0.5) is 0 Å². The number of aromatic carboxylic acids is 1. The molecule has 5 heteroatoms. The zero-order valence-corrected chi connectivity index (χ0v) is 9.83. The van der Waals surface area contributed by atoms with Gasteiger partial charge in [0.15, 0.2) is 11.5 Å². The third-order valence-electron chi connectivity index (χ3n) is 2.70. The van der Waals surface area contributed by atoms with E-state index in [1.54, 1.807) is 13.2 Å². The highest BCUT2D eigenvalue weighted by Gasteiger charge is 2.16. The number of carboxylic acids is 1. The van der Waals surface area contributed by atoms with Crippen molar-refractivity contribution in [3.63, 3.8) is 0 Å². The molecule has 1 aromatic heterocycles. The van der Waals surface area contributed by atoms with Gasteiger partial charge in [-0.05, 0) is 24.6 Å². The summed E-state index contributed by atoms with van der Waals surface area (Å²) in [7, 11) is 3.07. The first-order valence-corrected chi connectivity index (χ1v) is 5.06. The summed E-state index contributed by atoms with van der Waals surface area (Å²) >= 11 is 0. The molecular formula is C12H13NO4. The predicted molar refractivity (Wildman–Crippen MR) is 63.1 cm³/mol. The lowest BCUT2D eigenvalue weighted by Gasteiger charge is -2.09. The van der Waals surface area contributed by atoms with Crippen LogP contribution < -0.4 is 9.47 Å². The smallest absolute Gasteiger partial charge is 0.352 e. The zero-order chi connectivity index (χ0) is 12.6. The Morgan fingerprint density at radius 2 is 2.00 bits per heavy atom. The molecule has 0 aliphatic rings. The van der Waals surface area contributed by atoms with E-state index in [1.807, 2.05) is 13.0 Å². The Bertz CT molecular complexity index is 586. The van der Waals surface area contributed by atoms with E-state index in [9.17, 15) is 4.79 Å². The third-order valence-corrected chi connectivity index (χ3v) is 2.70. The van der Waals surface area contributed by atoms with Crippen LogP contribution in [0.1, 0.15) is 16.1 Å². The third kappa shape index (κ3) is 1.69. The number of hydrogen-bond acceptors (Lipinski definition) is 3. The maximum atomic E-state index is 10.9. The van der Waals surface area contributed by atoms with Crippen molar-refractivity contribution >= 4 is 16.9 Å². The second kappa shape index (κ2) is 4.01. The Kier molecular flexibility index (Phi) is 2.67. The molecule has 90 valence electrons. The lowest BCUT2D eigenvalue weighted by atomic mass is 10.1. The summed E-state index contributed by atoms with van der Waals surface area (Å²) in [4.78, 5) is 13.8. The molecule has 2 rings (SSSR count). The molecule has 0 atom stereocenters. The van der Waals surface area contributed by atoms with Crippen LogP contribution in [0, 0.1) is 6.92 Å². The van der Waals surface area contributed by atoms with Gasteiger partial charge >= 0.3 is 5.97 Å². The van der Waals surface area contributed by atoms with Crippen molar-refractivity contribution < 1.29 is 19.4 Å². The van der Waals surface area contributed by atoms with Crippen molar-refractivity contribution in [2.24, 2.45) is 0 Å². The normalized spacial score (nSPS) is 10.5. The van der Waals surface area contributed by atoms with Crippen LogP contribution in [0.15, 0.2) is 12.1 Å². The lowest BCUT2D eigenvalue weighted by molar-refractivity contribution is 0.0691. The SMILES string of the molecule is COc1cc(C)c2cc(C(=O)O)[nH]c2c1OC. The topological polar surface area (TPSA) is 71.5 Å². The number of H-pyrrole nitrogens is 1. The van der Waals surface area contributed by atoms with E-state index in [-0.39, 0.29) is 5.69 Å². The molecule has 17 heavy (non-hydrogen) atoms. The monoisotopic (exact) mass is 235 g/mol. The number of aromatic nitrogens is 1. The minimum atomic E-state index is -0.999. The van der Waals surface area contributed by atoms with Crippen LogP contribution in [-0.2, 0) is 0 Å². The Morgan fingerprint density at radius 3 is 2.53 bits per heavy atom. The molecule has 5 nitrogen and oxygen atoms in total. The average molecular weight is 235 g/mol. The maximum Gasteiger partial charge on any atom is 0.352 e. The van der Waals surface area contributed by atoms with Crippen LogP contribution >= 0.6 is 0 Å². The van der Waals surface area contributed by atoms with Gasteiger partial charge in [-0.1, -0.05) is 0 Å². The molecule has 2 aromatic rings. The highest BCUT2D eigenvalue weighted by molar-refractivity contribution is 5.98. The molecule has 0 aliphatic carbocycles. The molecule has 0 unspecified atom stereocenters. The van der Waals surface area contributed by atoms with Gasteiger partial charge in [-0.3, -0.25) is 0 Å². The molecule has 2 N–H and O–H groups in total. The number of benzene rings is 1. The Morgan fingerprint density at radius 1 is 1.29 bits per heavy atom. The first-order chi connectivity index (χ1) is 8.08. The molecule has 1 aromatic carbocycles. The quantitative estimate of drug-likeness (QED) is 0.855. The average Bonchev–Trinajstić information content (AvgIpc) is 2.74.